The quantitative estimate of drug-likeness (QED) is 0.217. The van der Waals surface area contributed by atoms with Gasteiger partial charge in [0.1, 0.15) is 22.5 Å². The Morgan fingerprint density at radius 1 is 0.512 bits per heavy atom. The lowest BCUT2D eigenvalue weighted by atomic mass is 9.96. The zero-order valence-corrected chi connectivity index (χ0v) is 22.9. The van der Waals surface area contributed by atoms with Crippen LogP contribution in [0, 0.1) is 0 Å². The van der Waals surface area contributed by atoms with Crippen molar-refractivity contribution in [2.75, 3.05) is 4.90 Å². The summed E-state index contributed by atoms with van der Waals surface area (Å²) in [6.07, 6.45) is 1.90. The maximum atomic E-state index is 6.26. The first-order chi connectivity index (χ1) is 21.3. The molecular formula is C38H23N3O2. The first kappa shape index (κ1) is 23.7. The lowest BCUT2D eigenvalue weighted by Crippen LogP contribution is -2.12. The van der Waals surface area contributed by atoms with Crippen LogP contribution in [0.15, 0.2) is 148 Å². The predicted molar refractivity (Wildman–Crippen MR) is 174 cm³/mol. The zero-order chi connectivity index (χ0) is 28.3. The third-order valence-electron chi connectivity index (χ3n) is 8.14. The molecule has 202 valence electrons. The van der Waals surface area contributed by atoms with Gasteiger partial charge in [0.25, 0.3) is 0 Å². The van der Waals surface area contributed by atoms with E-state index in [1.165, 1.54) is 11.1 Å². The third-order valence-corrected chi connectivity index (χ3v) is 8.14. The summed E-state index contributed by atoms with van der Waals surface area (Å²) in [5, 5.41) is 5.27. The topological polar surface area (TPSA) is 55.3 Å². The molecule has 0 spiro atoms. The Morgan fingerprint density at radius 3 is 2.05 bits per heavy atom. The highest BCUT2D eigenvalue weighted by Gasteiger charge is 2.21. The second-order valence-electron chi connectivity index (χ2n) is 10.6. The lowest BCUT2D eigenvalue weighted by molar-refractivity contribution is 0.654. The van der Waals surface area contributed by atoms with Crippen LogP contribution in [0.3, 0.4) is 0 Å². The fourth-order valence-electron chi connectivity index (χ4n) is 6.17. The molecule has 0 N–H and O–H groups in total. The average Bonchev–Trinajstić information content (AvgIpc) is 3.63. The molecule has 0 aliphatic heterocycles. The van der Waals surface area contributed by atoms with E-state index in [2.05, 4.69) is 77.7 Å². The third kappa shape index (κ3) is 3.72. The van der Waals surface area contributed by atoms with Gasteiger partial charge in [-0.15, -0.1) is 0 Å². The number of pyridine rings is 2. The van der Waals surface area contributed by atoms with Gasteiger partial charge in [0.2, 0.25) is 5.71 Å². The van der Waals surface area contributed by atoms with E-state index >= 15 is 0 Å². The van der Waals surface area contributed by atoms with Crippen LogP contribution in [0.2, 0.25) is 0 Å². The van der Waals surface area contributed by atoms with Gasteiger partial charge in [-0.25, -0.2) is 4.98 Å². The van der Waals surface area contributed by atoms with Gasteiger partial charge in [-0.2, -0.15) is 4.98 Å². The van der Waals surface area contributed by atoms with E-state index in [4.69, 9.17) is 18.8 Å². The Labute approximate surface area is 246 Å². The second-order valence-corrected chi connectivity index (χ2v) is 10.6. The number of nitrogens with zero attached hydrogens (tertiary/aromatic N) is 3. The molecule has 43 heavy (non-hydrogen) atoms. The van der Waals surface area contributed by atoms with Crippen molar-refractivity contribution in [1.29, 1.82) is 0 Å². The summed E-state index contributed by atoms with van der Waals surface area (Å²) in [6.45, 7) is 0. The number of hydrogen-bond acceptors (Lipinski definition) is 5. The molecule has 0 saturated carbocycles. The molecular weight excluding hydrogens is 530 g/mol. The highest BCUT2D eigenvalue weighted by atomic mass is 16.3. The maximum Gasteiger partial charge on any atom is 0.229 e. The highest BCUT2D eigenvalue weighted by molar-refractivity contribution is 6.08. The number of furan rings is 2. The minimum absolute atomic E-state index is 0.590. The van der Waals surface area contributed by atoms with Crippen LogP contribution in [0.4, 0.5) is 17.2 Å². The van der Waals surface area contributed by atoms with Gasteiger partial charge in [-0.1, -0.05) is 91.0 Å². The molecule has 0 amide bonds. The van der Waals surface area contributed by atoms with E-state index in [1.807, 2.05) is 66.9 Å². The number of para-hydroxylation sites is 2. The van der Waals surface area contributed by atoms with E-state index in [9.17, 15) is 0 Å². The number of rotatable bonds is 4. The molecule has 0 bridgehead atoms. The highest BCUT2D eigenvalue weighted by Crippen LogP contribution is 2.43. The maximum absolute atomic E-state index is 6.26. The van der Waals surface area contributed by atoms with Crippen LogP contribution in [0.5, 0.6) is 0 Å². The van der Waals surface area contributed by atoms with Gasteiger partial charge in [0.15, 0.2) is 5.58 Å². The van der Waals surface area contributed by atoms with Crippen LogP contribution in [-0.4, -0.2) is 9.97 Å². The smallest absolute Gasteiger partial charge is 0.229 e. The van der Waals surface area contributed by atoms with Gasteiger partial charge >= 0.3 is 0 Å². The molecule has 0 aliphatic rings. The van der Waals surface area contributed by atoms with Crippen molar-refractivity contribution in [3.63, 3.8) is 0 Å². The molecule has 5 heteroatoms. The minimum atomic E-state index is 0.590. The molecule has 5 aromatic carbocycles. The summed E-state index contributed by atoms with van der Waals surface area (Å²) in [4.78, 5) is 12.1. The van der Waals surface area contributed by atoms with Crippen LogP contribution in [0.1, 0.15) is 0 Å². The van der Waals surface area contributed by atoms with E-state index in [0.717, 1.165) is 66.4 Å². The Morgan fingerprint density at radius 2 is 1.21 bits per heavy atom. The molecule has 0 saturated heterocycles. The molecule has 0 fully saturated rings. The Hall–Kier alpha value is -5.94. The second kappa shape index (κ2) is 9.29. The monoisotopic (exact) mass is 553 g/mol. The molecule has 0 radical (unpaired) electrons. The predicted octanol–water partition coefficient (Wildman–Crippen LogP) is 10.6. The van der Waals surface area contributed by atoms with E-state index in [1.54, 1.807) is 0 Å². The minimum Gasteiger partial charge on any atom is -0.454 e. The first-order valence-electron chi connectivity index (χ1n) is 14.2. The van der Waals surface area contributed by atoms with Crippen molar-refractivity contribution >= 4 is 72.1 Å². The normalized spacial score (nSPS) is 11.7. The van der Waals surface area contributed by atoms with Gasteiger partial charge in [-0.05, 0) is 52.9 Å². The van der Waals surface area contributed by atoms with Crippen molar-refractivity contribution in [1.82, 2.24) is 9.97 Å². The Balaban J connectivity index is 1.31. The Bertz CT molecular complexity index is 2360. The number of fused-ring (bicyclic) bond motifs is 7. The summed E-state index contributed by atoms with van der Waals surface area (Å²) >= 11 is 0. The number of benzene rings is 5. The van der Waals surface area contributed by atoms with Crippen molar-refractivity contribution < 1.29 is 8.83 Å². The number of anilines is 3. The van der Waals surface area contributed by atoms with Gasteiger partial charge < -0.3 is 8.83 Å². The summed E-state index contributed by atoms with van der Waals surface area (Å²) < 4.78 is 12.5. The average molecular weight is 554 g/mol. The molecule has 5 nitrogen and oxygen atoms in total. The standard InChI is InChI=1S/C38H23N3O2/c1-2-10-24(11-3-1)26-18-20-32(28-13-5-4-12-27(26)28)41(25-22-35-37(39-23-25)31-15-7-9-17-34(31)42-35)36-21-19-30-29-14-6-8-16-33(29)43-38(30)40-36/h1-23H. The van der Waals surface area contributed by atoms with Gasteiger partial charge in [0.05, 0.1) is 17.6 Å². The molecule has 4 heterocycles. The van der Waals surface area contributed by atoms with Crippen LogP contribution in [-0.2, 0) is 0 Å². The molecule has 0 unspecified atom stereocenters. The Kier molecular flexibility index (Phi) is 5.13. The van der Waals surface area contributed by atoms with E-state index < -0.39 is 0 Å². The van der Waals surface area contributed by atoms with Crippen LogP contribution < -0.4 is 4.90 Å². The van der Waals surface area contributed by atoms with E-state index in [-0.39, 0.29) is 0 Å². The van der Waals surface area contributed by atoms with Crippen molar-refractivity contribution in [2.24, 2.45) is 0 Å². The molecule has 0 aliphatic carbocycles. The SMILES string of the molecule is c1ccc(-c2ccc(N(c3cnc4c(c3)oc3ccccc34)c3ccc4c(n3)oc3ccccc34)c3ccccc23)cc1. The van der Waals surface area contributed by atoms with Crippen LogP contribution in [0.25, 0.3) is 66.0 Å². The largest absolute Gasteiger partial charge is 0.454 e. The van der Waals surface area contributed by atoms with Crippen LogP contribution >= 0.6 is 0 Å². The molecule has 0 atom stereocenters. The van der Waals surface area contributed by atoms with Crippen molar-refractivity contribution in [2.45, 2.75) is 0 Å². The van der Waals surface area contributed by atoms with Gasteiger partial charge in [0, 0.05) is 27.6 Å². The zero-order valence-electron chi connectivity index (χ0n) is 22.9. The van der Waals surface area contributed by atoms with E-state index in [0.29, 0.717) is 5.71 Å². The lowest BCUT2D eigenvalue weighted by Gasteiger charge is -2.26. The fourth-order valence-corrected chi connectivity index (χ4v) is 6.17. The van der Waals surface area contributed by atoms with Crippen molar-refractivity contribution in [3.8, 4) is 11.1 Å². The number of hydrogen-bond donors (Lipinski definition) is 0. The first-order valence-corrected chi connectivity index (χ1v) is 14.2. The summed E-state index contributed by atoms with van der Waals surface area (Å²) in [5.41, 5.74) is 7.94. The van der Waals surface area contributed by atoms with Gasteiger partial charge in [-0.3, -0.25) is 4.90 Å². The molecule has 4 aromatic heterocycles. The van der Waals surface area contributed by atoms with Crippen molar-refractivity contribution in [3.05, 3.63) is 140 Å². The summed E-state index contributed by atoms with van der Waals surface area (Å²) in [5.74, 6) is 0.724. The molecule has 9 rings (SSSR count). The summed E-state index contributed by atoms with van der Waals surface area (Å²) in [7, 11) is 0. The fraction of sp³-hybridized carbons (Fsp3) is 0. The number of aromatic nitrogens is 2. The summed E-state index contributed by atoms with van der Waals surface area (Å²) in [6, 6.07) is 45.6. The molecule has 9 aromatic rings.